The van der Waals surface area contributed by atoms with Crippen molar-refractivity contribution in [2.45, 2.75) is 6.54 Å². The first-order valence-corrected chi connectivity index (χ1v) is 6.81. The summed E-state index contributed by atoms with van der Waals surface area (Å²) in [4.78, 5) is 25.6. The lowest BCUT2D eigenvalue weighted by Crippen LogP contribution is -2.55. The van der Waals surface area contributed by atoms with E-state index in [0.717, 1.165) is 18.7 Å². The van der Waals surface area contributed by atoms with E-state index in [1.165, 1.54) is 12.1 Å². The maximum absolute atomic E-state index is 12.7. The highest BCUT2D eigenvalue weighted by Crippen LogP contribution is 2.02. The van der Waals surface area contributed by atoms with E-state index in [1.54, 1.807) is 17.1 Å². The van der Waals surface area contributed by atoms with Crippen LogP contribution in [0.4, 0.5) is 4.39 Å². The lowest BCUT2D eigenvalue weighted by Gasteiger charge is -2.32. The molecule has 0 bridgehead atoms. The largest absolute Gasteiger partial charge is 0.344 e. The second-order valence-electron chi connectivity index (χ2n) is 5.04. The Morgan fingerprint density at radius 2 is 1.71 bits per heavy atom. The number of piperazine rings is 1. The minimum absolute atomic E-state index is 0.190. The topological polar surface area (TPSA) is 64.7 Å². The average Bonchev–Trinajstić information content (AvgIpc) is 2.48. The van der Waals surface area contributed by atoms with Crippen molar-refractivity contribution in [1.29, 1.82) is 0 Å². The van der Waals surface area contributed by atoms with Crippen LogP contribution in [0, 0.1) is 5.82 Å². The van der Waals surface area contributed by atoms with Crippen molar-refractivity contribution >= 4 is 11.8 Å². The maximum Gasteiger partial charge on any atom is 0.323 e. The van der Waals surface area contributed by atoms with Gasteiger partial charge in [-0.3, -0.25) is 15.0 Å². The van der Waals surface area contributed by atoms with Crippen LogP contribution in [0.1, 0.15) is 5.56 Å². The molecule has 21 heavy (non-hydrogen) atoms. The summed E-state index contributed by atoms with van der Waals surface area (Å²) in [6.45, 7) is 3.26. The van der Waals surface area contributed by atoms with E-state index >= 15 is 0 Å². The maximum atomic E-state index is 12.7. The van der Waals surface area contributed by atoms with Crippen LogP contribution in [0.5, 0.6) is 0 Å². The van der Waals surface area contributed by atoms with Crippen LogP contribution in [0.3, 0.4) is 0 Å². The minimum Gasteiger partial charge on any atom is -0.344 e. The van der Waals surface area contributed by atoms with E-state index in [9.17, 15) is 14.0 Å². The van der Waals surface area contributed by atoms with Crippen molar-refractivity contribution in [2.75, 3.05) is 33.2 Å². The first-order valence-electron chi connectivity index (χ1n) is 6.81. The van der Waals surface area contributed by atoms with Gasteiger partial charge in [0.05, 0.1) is 0 Å². The molecule has 7 heteroatoms. The third-order valence-electron chi connectivity index (χ3n) is 3.34. The molecule has 0 saturated carbocycles. The van der Waals surface area contributed by atoms with Crippen molar-refractivity contribution in [1.82, 2.24) is 20.7 Å². The Balaban J connectivity index is 1.75. The number of hydrazine groups is 1. The zero-order valence-electron chi connectivity index (χ0n) is 11.9. The molecule has 114 valence electrons. The van der Waals surface area contributed by atoms with Crippen molar-refractivity contribution in [3.63, 3.8) is 0 Å². The van der Waals surface area contributed by atoms with Gasteiger partial charge in [0.15, 0.2) is 0 Å². The Hall–Kier alpha value is -1.99. The van der Waals surface area contributed by atoms with Gasteiger partial charge in [0, 0.05) is 32.7 Å². The first kappa shape index (κ1) is 15.4. The predicted octanol–water partition coefficient (Wildman–Crippen LogP) is -0.279. The Kier molecular flexibility index (Phi) is 5.24. The SMILES string of the molecule is CN1CCN(NC(=O)C(=O)NCc2ccc(F)cc2)CC1. The highest BCUT2D eigenvalue weighted by Gasteiger charge is 2.19. The highest BCUT2D eigenvalue weighted by atomic mass is 19.1. The Morgan fingerprint density at radius 1 is 1.10 bits per heavy atom. The lowest BCUT2D eigenvalue weighted by molar-refractivity contribution is -0.142. The molecule has 0 unspecified atom stereocenters. The summed E-state index contributed by atoms with van der Waals surface area (Å²) in [5, 5.41) is 4.24. The van der Waals surface area contributed by atoms with Gasteiger partial charge in [-0.1, -0.05) is 12.1 Å². The average molecular weight is 294 g/mol. The van der Waals surface area contributed by atoms with Gasteiger partial charge in [-0.2, -0.15) is 0 Å². The lowest BCUT2D eigenvalue weighted by atomic mass is 10.2. The number of likely N-dealkylation sites (N-methyl/N-ethyl adjacent to an activating group) is 1. The van der Waals surface area contributed by atoms with Gasteiger partial charge < -0.3 is 10.2 Å². The molecule has 0 spiro atoms. The molecule has 0 aromatic heterocycles. The summed E-state index contributed by atoms with van der Waals surface area (Å²) >= 11 is 0. The number of hydrogen-bond donors (Lipinski definition) is 2. The summed E-state index contributed by atoms with van der Waals surface area (Å²) in [5.74, 6) is -1.71. The number of rotatable bonds is 3. The molecule has 2 rings (SSSR count). The van der Waals surface area contributed by atoms with E-state index in [-0.39, 0.29) is 12.4 Å². The summed E-state index contributed by atoms with van der Waals surface area (Å²) in [6, 6.07) is 5.75. The Labute approximate surface area is 122 Å². The van der Waals surface area contributed by atoms with Crippen molar-refractivity contribution in [2.24, 2.45) is 0 Å². The van der Waals surface area contributed by atoms with Gasteiger partial charge >= 0.3 is 11.8 Å². The smallest absolute Gasteiger partial charge is 0.323 e. The molecule has 1 aromatic rings. The fourth-order valence-electron chi connectivity index (χ4n) is 1.98. The molecule has 1 heterocycles. The number of nitrogens with zero attached hydrogens (tertiary/aromatic N) is 2. The van der Waals surface area contributed by atoms with Crippen LogP contribution in [-0.4, -0.2) is 54.9 Å². The van der Waals surface area contributed by atoms with Crippen molar-refractivity contribution < 1.29 is 14.0 Å². The van der Waals surface area contributed by atoms with E-state index in [2.05, 4.69) is 15.6 Å². The second kappa shape index (κ2) is 7.14. The normalized spacial score (nSPS) is 16.5. The summed E-state index contributed by atoms with van der Waals surface area (Å²) in [7, 11) is 2.01. The molecule has 2 amide bonds. The number of carbonyl (C=O) groups is 2. The Morgan fingerprint density at radius 3 is 2.33 bits per heavy atom. The van der Waals surface area contributed by atoms with Crippen LogP contribution in [0.25, 0.3) is 0 Å². The fraction of sp³-hybridized carbons (Fsp3) is 0.429. The number of halogens is 1. The molecule has 0 radical (unpaired) electrons. The number of carbonyl (C=O) groups excluding carboxylic acids is 2. The molecule has 1 aliphatic heterocycles. The molecule has 0 aliphatic carbocycles. The monoisotopic (exact) mass is 294 g/mol. The van der Waals surface area contributed by atoms with Crippen LogP contribution in [0.2, 0.25) is 0 Å². The van der Waals surface area contributed by atoms with E-state index < -0.39 is 11.8 Å². The van der Waals surface area contributed by atoms with Gasteiger partial charge in [-0.15, -0.1) is 0 Å². The third kappa shape index (κ3) is 4.80. The molecule has 0 atom stereocenters. The summed E-state index contributed by atoms with van der Waals surface area (Å²) in [6.07, 6.45) is 0. The van der Waals surface area contributed by atoms with E-state index in [1.807, 2.05) is 7.05 Å². The molecule has 1 aliphatic rings. The quantitative estimate of drug-likeness (QED) is 0.753. The number of nitrogens with one attached hydrogen (secondary N) is 2. The van der Waals surface area contributed by atoms with Gasteiger partial charge in [-0.25, -0.2) is 9.40 Å². The molecular weight excluding hydrogens is 275 g/mol. The predicted molar refractivity (Wildman–Crippen MR) is 75.5 cm³/mol. The van der Waals surface area contributed by atoms with Gasteiger partial charge in [0.25, 0.3) is 0 Å². The Bertz CT molecular complexity index is 498. The highest BCUT2D eigenvalue weighted by molar-refractivity contribution is 6.34. The van der Waals surface area contributed by atoms with Crippen molar-refractivity contribution in [3.05, 3.63) is 35.6 Å². The third-order valence-corrected chi connectivity index (χ3v) is 3.34. The molecular formula is C14H19FN4O2. The number of amides is 2. The van der Waals surface area contributed by atoms with E-state index in [0.29, 0.717) is 13.1 Å². The summed E-state index contributed by atoms with van der Waals surface area (Å²) < 4.78 is 12.7. The molecule has 6 nitrogen and oxygen atoms in total. The van der Waals surface area contributed by atoms with Gasteiger partial charge in [-0.05, 0) is 24.7 Å². The van der Waals surface area contributed by atoms with Gasteiger partial charge in [0.2, 0.25) is 0 Å². The zero-order valence-corrected chi connectivity index (χ0v) is 11.9. The summed E-state index contributed by atoms with van der Waals surface area (Å²) in [5.41, 5.74) is 3.31. The van der Waals surface area contributed by atoms with Crippen LogP contribution in [-0.2, 0) is 16.1 Å². The molecule has 2 N–H and O–H groups in total. The fourth-order valence-corrected chi connectivity index (χ4v) is 1.98. The minimum atomic E-state index is -0.696. The first-order chi connectivity index (χ1) is 10.0. The number of benzene rings is 1. The molecule has 1 fully saturated rings. The van der Waals surface area contributed by atoms with Crippen LogP contribution < -0.4 is 10.7 Å². The zero-order chi connectivity index (χ0) is 15.2. The second-order valence-corrected chi connectivity index (χ2v) is 5.04. The van der Waals surface area contributed by atoms with Crippen LogP contribution >= 0.6 is 0 Å². The molecule has 1 saturated heterocycles. The van der Waals surface area contributed by atoms with Gasteiger partial charge in [0.1, 0.15) is 5.82 Å². The number of hydrogen-bond acceptors (Lipinski definition) is 4. The van der Waals surface area contributed by atoms with E-state index in [4.69, 9.17) is 0 Å². The standard InChI is InChI=1S/C14H19FN4O2/c1-18-6-8-19(9-7-18)17-14(21)13(20)16-10-11-2-4-12(15)5-3-11/h2-5H,6-10H2,1H3,(H,16,20)(H,17,21). The molecule has 1 aromatic carbocycles. The van der Waals surface area contributed by atoms with Crippen molar-refractivity contribution in [3.8, 4) is 0 Å². The van der Waals surface area contributed by atoms with Crippen LogP contribution in [0.15, 0.2) is 24.3 Å².